The maximum atomic E-state index is 13.6. The Kier molecular flexibility index (Phi) is 4.46. The molecule has 5 rings (SSSR count). The molecule has 0 aromatic heterocycles. The minimum atomic E-state index is -0.220. The topological polar surface area (TPSA) is 29.1 Å². The summed E-state index contributed by atoms with van der Waals surface area (Å²) in [5.74, 6) is 2.81. The highest BCUT2D eigenvalue weighted by atomic mass is 19.1. The van der Waals surface area contributed by atoms with Gasteiger partial charge in [-0.2, -0.15) is 0 Å². The number of benzene rings is 1. The third-order valence-electron chi connectivity index (χ3n) is 9.74. The third kappa shape index (κ3) is 2.68. The van der Waals surface area contributed by atoms with Crippen LogP contribution in [0.1, 0.15) is 71.3 Å². The average molecular weight is 396 g/mol. The zero-order valence-electron chi connectivity index (χ0n) is 18.0. The summed E-state index contributed by atoms with van der Waals surface area (Å²) < 4.78 is 13.6. The zero-order chi connectivity index (χ0) is 20.4. The molecule has 0 unspecified atom stereocenters. The summed E-state index contributed by atoms with van der Waals surface area (Å²) in [5, 5.41) is 3.30. The minimum absolute atomic E-state index is 0.0119. The highest BCUT2D eigenvalue weighted by Gasteiger charge is 2.61. The fraction of sp³-hybridized carbons (Fsp3) is 0.654. The number of carbonyl (C=O) groups excluding carboxylic acids is 1. The standard InChI is InChI=1S/C26H34FNO/c1-4-17-7-11-20-19-10-12-23-26(3,21(19)13-14-25(17,20)2)22(15-24(29)28-23)16-5-8-18(27)9-6-16/h5-6,8-9,15,17,19-21,23H,4,7,10-14H2,1-3H3,(H,28,29)/t17-,19-,20-,21-,23+,25+,26-/m0/s1. The van der Waals surface area contributed by atoms with Gasteiger partial charge in [0.15, 0.2) is 0 Å². The van der Waals surface area contributed by atoms with Crippen LogP contribution in [0.5, 0.6) is 0 Å². The summed E-state index contributed by atoms with van der Waals surface area (Å²) in [7, 11) is 0. The Morgan fingerprint density at radius 3 is 2.52 bits per heavy atom. The molecule has 29 heavy (non-hydrogen) atoms. The largest absolute Gasteiger partial charge is 0.349 e. The SMILES string of the molecule is CC[C@H]1CC[C@H]2[C@@H]3CC[C@H]4NC(=O)C=C(c5ccc(F)cc5)[C@]4(C)[C@H]3CC[C@]12C. The number of hydrogen-bond acceptors (Lipinski definition) is 1. The molecular formula is C26H34FNO. The van der Waals surface area contributed by atoms with Crippen LogP contribution in [-0.2, 0) is 4.79 Å². The van der Waals surface area contributed by atoms with E-state index in [4.69, 9.17) is 0 Å². The van der Waals surface area contributed by atoms with E-state index >= 15 is 0 Å². The lowest BCUT2D eigenvalue weighted by atomic mass is 9.46. The molecule has 1 heterocycles. The molecule has 0 radical (unpaired) electrons. The molecule has 1 aromatic rings. The van der Waals surface area contributed by atoms with E-state index in [0.717, 1.165) is 35.3 Å². The summed E-state index contributed by atoms with van der Waals surface area (Å²) in [4.78, 5) is 12.5. The molecule has 3 saturated carbocycles. The molecule has 156 valence electrons. The van der Waals surface area contributed by atoms with E-state index in [9.17, 15) is 9.18 Å². The molecule has 1 aliphatic heterocycles. The number of amides is 1. The summed E-state index contributed by atoms with van der Waals surface area (Å²) in [6, 6.07) is 6.97. The molecule has 3 aliphatic carbocycles. The highest BCUT2D eigenvalue weighted by Crippen LogP contribution is 2.67. The predicted molar refractivity (Wildman–Crippen MR) is 114 cm³/mol. The summed E-state index contributed by atoms with van der Waals surface area (Å²) in [6.07, 6.45) is 10.7. The molecule has 0 bridgehead atoms. The van der Waals surface area contributed by atoms with Gasteiger partial charge in [0.25, 0.3) is 0 Å². The number of carbonyl (C=O) groups is 1. The molecule has 3 heteroatoms. The first-order valence-electron chi connectivity index (χ1n) is 11.7. The monoisotopic (exact) mass is 395 g/mol. The number of nitrogens with one attached hydrogen (secondary N) is 1. The molecule has 0 saturated heterocycles. The Morgan fingerprint density at radius 1 is 1.03 bits per heavy atom. The molecule has 4 aliphatic rings. The van der Waals surface area contributed by atoms with Gasteiger partial charge in [0.1, 0.15) is 5.82 Å². The van der Waals surface area contributed by atoms with Crippen molar-refractivity contribution in [2.24, 2.45) is 34.5 Å². The van der Waals surface area contributed by atoms with Gasteiger partial charge < -0.3 is 5.32 Å². The molecule has 1 N–H and O–H groups in total. The Bertz CT molecular complexity index is 845. The van der Waals surface area contributed by atoms with E-state index < -0.39 is 0 Å². The van der Waals surface area contributed by atoms with Gasteiger partial charge in [-0.15, -0.1) is 0 Å². The summed E-state index contributed by atoms with van der Waals surface area (Å²) in [5.41, 5.74) is 2.58. The van der Waals surface area contributed by atoms with Gasteiger partial charge in [-0.25, -0.2) is 4.39 Å². The van der Waals surface area contributed by atoms with Crippen LogP contribution in [0.25, 0.3) is 5.57 Å². The minimum Gasteiger partial charge on any atom is -0.349 e. The second-order valence-electron chi connectivity index (χ2n) is 10.6. The zero-order valence-corrected chi connectivity index (χ0v) is 18.0. The van der Waals surface area contributed by atoms with Gasteiger partial charge in [0.05, 0.1) is 0 Å². The smallest absolute Gasteiger partial charge is 0.244 e. The average Bonchev–Trinajstić information content (AvgIpc) is 3.05. The van der Waals surface area contributed by atoms with Crippen LogP contribution in [-0.4, -0.2) is 11.9 Å². The van der Waals surface area contributed by atoms with Gasteiger partial charge in [0.2, 0.25) is 5.91 Å². The van der Waals surface area contributed by atoms with Gasteiger partial charge in [0, 0.05) is 17.5 Å². The van der Waals surface area contributed by atoms with Crippen molar-refractivity contribution in [3.05, 3.63) is 41.7 Å². The van der Waals surface area contributed by atoms with E-state index in [1.54, 1.807) is 0 Å². The molecule has 7 atom stereocenters. The van der Waals surface area contributed by atoms with Crippen LogP contribution in [0.15, 0.2) is 30.3 Å². The van der Waals surface area contributed by atoms with Crippen LogP contribution >= 0.6 is 0 Å². The predicted octanol–water partition coefficient (Wildman–Crippen LogP) is 5.98. The van der Waals surface area contributed by atoms with Gasteiger partial charge >= 0.3 is 0 Å². The number of hydrogen-bond donors (Lipinski definition) is 1. The van der Waals surface area contributed by atoms with Crippen molar-refractivity contribution in [2.75, 3.05) is 0 Å². The van der Waals surface area contributed by atoms with Gasteiger partial charge in [-0.05, 0) is 90.9 Å². The van der Waals surface area contributed by atoms with Crippen molar-refractivity contribution in [3.8, 4) is 0 Å². The van der Waals surface area contributed by atoms with Gasteiger partial charge in [-0.3, -0.25) is 4.79 Å². The highest BCUT2D eigenvalue weighted by molar-refractivity contribution is 5.99. The Hall–Kier alpha value is -1.64. The van der Waals surface area contributed by atoms with E-state index in [-0.39, 0.29) is 23.2 Å². The molecule has 1 amide bonds. The fourth-order valence-corrected chi connectivity index (χ4v) is 8.26. The first-order chi connectivity index (χ1) is 13.9. The lowest BCUT2D eigenvalue weighted by Gasteiger charge is -2.60. The van der Waals surface area contributed by atoms with Crippen molar-refractivity contribution in [2.45, 2.75) is 71.8 Å². The first-order valence-corrected chi connectivity index (χ1v) is 11.7. The van der Waals surface area contributed by atoms with Crippen LogP contribution < -0.4 is 5.32 Å². The summed E-state index contributed by atoms with van der Waals surface area (Å²) >= 11 is 0. The second-order valence-corrected chi connectivity index (χ2v) is 10.6. The molecular weight excluding hydrogens is 361 g/mol. The van der Waals surface area contributed by atoms with E-state index in [1.807, 2.05) is 18.2 Å². The van der Waals surface area contributed by atoms with Crippen LogP contribution in [0.3, 0.4) is 0 Å². The lowest BCUT2D eigenvalue weighted by molar-refractivity contribution is -0.121. The number of fused-ring (bicyclic) bond motifs is 5. The Labute approximate surface area is 174 Å². The molecule has 0 spiro atoms. The van der Waals surface area contributed by atoms with E-state index in [0.29, 0.717) is 11.3 Å². The van der Waals surface area contributed by atoms with Gasteiger partial charge in [-0.1, -0.05) is 39.3 Å². The van der Waals surface area contributed by atoms with Crippen molar-refractivity contribution in [1.29, 1.82) is 0 Å². The lowest BCUT2D eigenvalue weighted by Crippen LogP contribution is -2.60. The van der Waals surface area contributed by atoms with E-state index in [1.165, 1.54) is 50.7 Å². The number of rotatable bonds is 2. The van der Waals surface area contributed by atoms with E-state index in [2.05, 4.69) is 26.1 Å². The molecule has 3 fully saturated rings. The van der Waals surface area contributed by atoms with Crippen LogP contribution in [0, 0.1) is 40.3 Å². The summed E-state index contributed by atoms with van der Waals surface area (Å²) in [6.45, 7) is 7.33. The molecule has 2 nitrogen and oxygen atoms in total. The first kappa shape index (κ1) is 19.3. The second kappa shape index (κ2) is 6.68. The van der Waals surface area contributed by atoms with Crippen molar-refractivity contribution in [1.82, 2.24) is 5.32 Å². The Balaban J connectivity index is 1.56. The van der Waals surface area contributed by atoms with Crippen molar-refractivity contribution in [3.63, 3.8) is 0 Å². The quantitative estimate of drug-likeness (QED) is 0.656. The maximum Gasteiger partial charge on any atom is 0.244 e. The number of halogens is 1. The van der Waals surface area contributed by atoms with Crippen molar-refractivity contribution < 1.29 is 9.18 Å². The molecule has 1 aromatic carbocycles. The normalized spacial score (nSPS) is 43.7. The third-order valence-corrected chi connectivity index (χ3v) is 9.74. The fourth-order valence-electron chi connectivity index (χ4n) is 8.26. The van der Waals surface area contributed by atoms with Crippen LogP contribution in [0.2, 0.25) is 0 Å². The Morgan fingerprint density at radius 2 is 1.79 bits per heavy atom. The van der Waals surface area contributed by atoms with Crippen molar-refractivity contribution >= 4 is 11.5 Å². The maximum absolute atomic E-state index is 13.6. The van der Waals surface area contributed by atoms with Crippen LogP contribution in [0.4, 0.5) is 4.39 Å².